The lowest BCUT2D eigenvalue weighted by molar-refractivity contribution is -1.02. The smallest absolute Gasteiger partial charge is 0.127 e. The van der Waals surface area contributed by atoms with E-state index >= 15 is 0 Å². The Morgan fingerprint density at radius 2 is 1.44 bits per heavy atom. The zero-order valence-electron chi connectivity index (χ0n) is 15.6. The van der Waals surface area contributed by atoms with Gasteiger partial charge in [-0.05, 0) is 25.1 Å². The van der Waals surface area contributed by atoms with Gasteiger partial charge in [0.2, 0.25) is 0 Å². The summed E-state index contributed by atoms with van der Waals surface area (Å²) in [6, 6.07) is 15.0. The Hall–Kier alpha value is -2.04. The van der Waals surface area contributed by atoms with Crippen LogP contribution < -0.4 is 19.3 Å². The Labute approximate surface area is 151 Å². The third kappa shape index (κ3) is 4.74. The van der Waals surface area contributed by atoms with Gasteiger partial charge in [0.15, 0.2) is 0 Å². The van der Waals surface area contributed by atoms with E-state index in [1.165, 1.54) is 42.9 Å². The summed E-state index contributed by atoms with van der Waals surface area (Å²) in [5.74, 6) is 1.86. The maximum Gasteiger partial charge on any atom is 0.127 e. The fourth-order valence-corrected chi connectivity index (χ4v) is 3.59. The van der Waals surface area contributed by atoms with Gasteiger partial charge in [-0.15, -0.1) is 0 Å². The minimum atomic E-state index is 0.902. The van der Waals surface area contributed by atoms with Crippen molar-refractivity contribution in [3.63, 3.8) is 0 Å². The van der Waals surface area contributed by atoms with E-state index in [9.17, 15) is 0 Å². The van der Waals surface area contributed by atoms with Gasteiger partial charge < -0.3 is 19.3 Å². The van der Waals surface area contributed by atoms with Crippen LogP contribution in [0.5, 0.6) is 11.5 Å². The summed E-state index contributed by atoms with van der Waals surface area (Å²) in [5, 5.41) is 0. The highest BCUT2D eigenvalue weighted by molar-refractivity contribution is 5.39. The monoisotopic (exact) mass is 342 g/mol. The number of hydrogen-bond acceptors (Lipinski definition) is 2. The molecule has 1 heterocycles. The van der Waals surface area contributed by atoms with Gasteiger partial charge in [0.1, 0.15) is 50.8 Å². The molecular weight excluding hydrogens is 312 g/mol. The van der Waals surface area contributed by atoms with Crippen molar-refractivity contribution in [1.82, 2.24) is 0 Å². The van der Waals surface area contributed by atoms with Crippen LogP contribution in [0, 0.1) is 6.92 Å². The van der Waals surface area contributed by atoms with Crippen LogP contribution in [0.25, 0.3) is 0 Å². The van der Waals surface area contributed by atoms with Gasteiger partial charge in [0.25, 0.3) is 0 Å². The number of hydrogen-bond donors (Lipinski definition) is 2. The first-order valence-electron chi connectivity index (χ1n) is 9.11. The van der Waals surface area contributed by atoms with Gasteiger partial charge in [0.05, 0.1) is 19.8 Å². The van der Waals surface area contributed by atoms with Gasteiger partial charge in [-0.25, -0.2) is 0 Å². The predicted octanol–water partition coefficient (Wildman–Crippen LogP) is 0.496. The molecule has 1 fully saturated rings. The van der Waals surface area contributed by atoms with E-state index < -0.39 is 0 Å². The average molecular weight is 342 g/mol. The van der Waals surface area contributed by atoms with E-state index in [2.05, 4.69) is 37.3 Å². The summed E-state index contributed by atoms with van der Waals surface area (Å²) in [4.78, 5) is 3.31. The number of aryl methyl sites for hydroxylation is 1. The van der Waals surface area contributed by atoms with Gasteiger partial charge in [0, 0.05) is 5.56 Å². The van der Waals surface area contributed by atoms with Crippen LogP contribution in [0.2, 0.25) is 0 Å². The third-order valence-electron chi connectivity index (χ3n) is 5.17. The van der Waals surface area contributed by atoms with Crippen molar-refractivity contribution < 1.29 is 19.3 Å². The molecule has 0 bridgehead atoms. The highest BCUT2D eigenvalue weighted by atomic mass is 16.5. The first kappa shape index (κ1) is 17.8. The van der Waals surface area contributed by atoms with Crippen molar-refractivity contribution in [2.24, 2.45) is 0 Å². The molecule has 134 valence electrons. The molecule has 2 N–H and O–H groups in total. The maximum absolute atomic E-state index is 5.52. The molecule has 0 radical (unpaired) electrons. The van der Waals surface area contributed by atoms with Crippen LogP contribution in [-0.4, -0.2) is 40.4 Å². The first-order valence-corrected chi connectivity index (χ1v) is 9.11. The molecule has 0 saturated carbocycles. The van der Waals surface area contributed by atoms with Crippen LogP contribution in [0.4, 0.5) is 0 Å². The number of rotatable bonds is 6. The summed E-state index contributed by atoms with van der Waals surface area (Å²) < 4.78 is 10.9. The van der Waals surface area contributed by atoms with E-state index in [0.29, 0.717) is 0 Å². The first-order chi connectivity index (χ1) is 12.2. The lowest BCUT2D eigenvalue weighted by atomic mass is 10.1. The number of ether oxygens (including phenoxy) is 2. The van der Waals surface area contributed by atoms with Crippen LogP contribution in [-0.2, 0) is 13.1 Å². The summed E-state index contributed by atoms with van der Waals surface area (Å²) in [5.41, 5.74) is 4.01. The topological polar surface area (TPSA) is 27.3 Å². The molecule has 0 atom stereocenters. The Balaban J connectivity index is 1.55. The molecule has 1 saturated heterocycles. The molecule has 1 aliphatic heterocycles. The quantitative estimate of drug-likeness (QED) is 0.800. The zero-order valence-corrected chi connectivity index (χ0v) is 15.6. The lowest BCUT2D eigenvalue weighted by Gasteiger charge is -2.30. The standard InChI is InChI=1S/C21H28N2O2/c1-17-4-6-18(7-5-17)15-22-10-12-23(13-11-22)16-19-14-20(24-2)8-9-21(19)25-3/h4-9,14H,10-13,15-16H2,1-3H3/p+2. The number of benzene rings is 2. The van der Waals surface area contributed by atoms with Gasteiger partial charge >= 0.3 is 0 Å². The minimum absolute atomic E-state index is 0.902. The summed E-state index contributed by atoms with van der Waals surface area (Å²) in [7, 11) is 3.45. The Bertz CT molecular complexity index is 677. The van der Waals surface area contributed by atoms with Crippen molar-refractivity contribution in [3.8, 4) is 11.5 Å². The molecule has 4 nitrogen and oxygen atoms in total. The predicted molar refractivity (Wildman–Crippen MR) is 99.5 cm³/mol. The molecule has 2 aromatic carbocycles. The number of quaternary nitrogens is 2. The van der Waals surface area contributed by atoms with E-state index in [-0.39, 0.29) is 0 Å². The number of nitrogens with one attached hydrogen (secondary N) is 2. The van der Waals surface area contributed by atoms with Gasteiger partial charge in [-0.3, -0.25) is 0 Å². The van der Waals surface area contributed by atoms with Crippen LogP contribution >= 0.6 is 0 Å². The van der Waals surface area contributed by atoms with Crippen LogP contribution in [0.3, 0.4) is 0 Å². The minimum Gasteiger partial charge on any atom is -0.497 e. The molecule has 0 unspecified atom stereocenters. The van der Waals surface area contributed by atoms with Crippen molar-refractivity contribution in [1.29, 1.82) is 0 Å². The molecular formula is C21H30N2O2+2. The van der Waals surface area contributed by atoms with Crippen molar-refractivity contribution in [2.45, 2.75) is 20.0 Å². The third-order valence-corrected chi connectivity index (χ3v) is 5.17. The maximum atomic E-state index is 5.52. The molecule has 0 aliphatic carbocycles. The Kier molecular flexibility index (Phi) is 5.95. The zero-order chi connectivity index (χ0) is 17.6. The normalized spacial score (nSPS) is 20.3. The van der Waals surface area contributed by atoms with Crippen molar-refractivity contribution in [3.05, 3.63) is 59.2 Å². The fraction of sp³-hybridized carbons (Fsp3) is 0.429. The van der Waals surface area contributed by atoms with E-state index in [4.69, 9.17) is 9.47 Å². The van der Waals surface area contributed by atoms with E-state index in [1.54, 1.807) is 24.0 Å². The van der Waals surface area contributed by atoms with Crippen molar-refractivity contribution >= 4 is 0 Å². The van der Waals surface area contributed by atoms with Gasteiger partial charge in [-0.2, -0.15) is 0 Å². The highest BCUT2D eigenvalue weighted by Crippen LogP contribution is 2.23. The molecule has 0 amide bonds. The second-order valence-corrected chi connectivity index (χ2v) is 7.02. The van der Waals surface area contributed by atoms with Crippen molar-refractivity contribution in [2.75, 3.05) is 40.4 Å². The molecule has 25 heavy (non-hydrogen) atoms. The number of piperazine rings is 1. The van der Waals surface area contributed by atoms with Gasteiger partial charge in [-0.1, -0.05) is 29.8 Å². The van der Waals surface area contributed by atoms with E-state index in [1.807, 2.05) is 12.1 Å². The van der Waals surface area contributed by atoms with E-state index in [0.717, 1.165) is 24.6 Å². The summed E-state index contributed by atoms with van der Waals surface area (Å²) in [6.07, 6.45) is 0. The average Bonchev–Trinajstić information content (AvgIpc) is 2.65. The second kappa shape index (κ2) is 8.37. The molecule has 0 spiro atoms. The Morgan fingerprint density at radius 1 is 0.800 bits per heavy atom. The van der Waals surface area contributed by atoms with Crippen LogP contribution in [0.15, 0.2) is 42.5 Å². The lowest BCUT2D eigenvalue weighted by Crippen LogP contribution is -3.27. The molecule has 2 aromatic rings. The molecule has 1 aliphatic rings. The SMILES string of the molecule is COc1ccc(OC)c(C[NH+]2CC[NH+](Cc3ccc(C)cc3)CC2)c1. The van der Waals surface area contributed by atoms with Crippen LogP contribution in [0.1, 0.15) is 16.7 Å². The largest absolute Gasteiger partial charge is 0.497 e. The highest BCUT2D eigenvalue weighted by Gasteiger charge is 2.24. The molecule has 4 heteroatoms. The molecule has 0 aromatic heterocycles. The fourth-order valence-electron chi connectivity index (χ4n) is 3.59. The Morgan fingerprint density at radius 3 is 2.04 bits per heavy atom. The summed E-state index contributed by atoms with van der Waals surface area (Å²) >= 11 is 0. The molecule has 3 rings (SSSR count). The summed E-state index contributed by atoms with van der Waals surface area (Å²) in [6.45, 7) is 9.11. The second-order valence-electron chi connectivity index (χ2n) is 7.02. The number of methoxy groups -OCH3 is 2.